The normalized spacial score (nSPS) is 11.5. The zero-order chi connectivity index (χ0) is 10.6. The van der Waals surface area contributed by atoms with Crippen LogP contribution in [-0.2, 0) is 9.53 Å². The number of rotatable bonds is 2. The smallest absolute Gasteiger partial charge is 0.433 e. The van der Waals surface area contributed by atoms with Crippen LogP contribution in [-0.4, -0.2) is 13.1 Å². The number of halogens is 1. The Morgan fingerprint density at radius 1 is 1.64 bits per heavy atom. The van der Waals surface area contributed by atoms with Gasteiger partial charge in [-0.1, -0.05) is 23.7 Å². The molecule has 14 heavy (non-hydrogen) atoms. The van der Waals surface area contributed by atoms with Gasteiger partial charge in [-0.2, -0.15) is 0 Å². The Bertz CT molecular complexity index is 387. The lowest BCUT2D eigenvalue weighted by molar-refractivity contribution is -0.141. The molecule has 0 amide bonds. The second-order valence-corrected chi connectivity index (χ2v) is 3.03. The second kappa shape index (κ2) is 4.58. The van der Waals surface area contributed by atoms with E-state index in [4.69, 9.17) is 17.0 Å². The van der Waals surface area contributed by atoms with Gasteiger partial charge in [-0.15, -0.1) is 0 Å². The minimum absolute atomic E-state index is 0.472. The maximum Gasteiger partial charge on any atom is 0.433 e. The van der Waals surface area contributed by atoms with Crippen LogP contribution in [0.4, 0.5) is 0 Å². The first-order valence-corrected chi connectivity index (χ1v) is 4.24. The molecular formula is C9H8ClN2O2+. The van der Waals surface area contributed by atoms with E-state index in [-0.39, 0.29) is 0 Å². The van der Waals surface area contributed by atoms with Gasteiger partial charge in [0.25, 0.3) is 0 Å². The van der Waals surface area contributed by atoms with Crippen LogP contribution in [0, 0.1) is 5.39 Å². The van der Waals surface area contributed by atoms with Crippen LogP contribution in [0.1, 0.15) is 11.6 Å². The summed E-state index contributed by atoms with van der Waals surface area (Å²) >= 11 is 5.72. The molecule has 0 heterocycles. The van der Waals surface area contributed by atoms with Crippen LogP contribution in [0.15, 0.2) is 24.3 Å². The van der Waals surface area contributed by atoms with Crippen molar-refractivity contribution in [3.63, 3.8) is 0 Å². The zero-order valence-corrected chi connectivity index (χ0v) is 8.23. The fourth-order valence-corrected chi connectivity index (χ4v) is 1.24. The van der Waals surface area contributed by atoms with E-state index in [2.05, 4.69) is 9.71 Å². The predicted molar refractivity (Wildman–Crippen MR) is 51.3 cm³/mol. The molecule has 0 saturated heterocycles. The highest BCUT2D eigenvalue weighted by Crippen LogP contribution is 2.21. The quantitative estimate of drug-likeness (QED) is 0.558. The van der Waals surface area contributed by atoms with Crippen LogP contribution >= 0.6 is 11.6 Å². The molecule has 72 valence electrons. The lowest BCUT2D eigenvalue weighted by Crippen LogP contribution is -2.10. The molecule has 1 rings (SSSR count). The fraction of sp³-hybridized carbons (Fsp3) is 0.222. The third kappa shape index (κ3) is 2.21. The van der Waals surface area contributed by atoms with E-state index in [1.54, 1.807) is 24.3 Å². The topological polar surface area (TPSA) is 54.5 Å². The molecule has 5 heteroatoms. The summed E-state index contributed by atoms with van der Waals surface area (Å²) in [7, 11) is 1.23. The number of hydrogen-bond donors (Lipinski definition) is 0. The van der Waals surface area contributed by atoms with Crippen LogP contribution < -0.4 is 0 Å². The Morgan fingerprint density at radius 2 is 2.36 bits per heavy atom. The summed E-state index contributed by atoms with van der Waals surface area (Å²) < 4.78 is 4.46. The van der Waals surface area contributed by atoms with Crippen molar-refractivity contribution in [2.24, 2.45) is 0 Å². The summed E-state index contributed by atoms with van der Waals surface area (Å²) in [4.78, 5) is 14.1. The number of methoxy groups -OCH3 is 1. The highest BCUT2D eigenvalue weighted by Gasteiger charge is 2.33. The summed E-state index contributed by atoms with van der Waals surface area (Å²) in [5, 5.41) is 9.13. The van der Waals surface area contributed by atoms with E-state index in [0.717, 1.165) is 0 Å². The first-order chi connectivity index (χ1) is 6.69. The lowest BCUT2D eigenvalue weighted by Gasteiger charge is -1.98. The van der Waals surface area contributed by atoms with E-state index in [1.807, 2.05) is 0 Å². The zero-order valence-electron chi connectivity index (χ0n) is 7.48. The molecule has 1 unspecified atom stereocenters. The Kier molecular flexibility index (Phi) is 3.43. The van der Waals surface area contributed by atoms with Gasteiger partial charge in [0.1, 0.15) is 4.98 Å². The Balaban J connectivity index is 3.02. The van der Waals surface area contributed by atoms with Crippen molar-refractivity contribution in [1.82, 2.24) is 0 Å². The Labute approximate surface area is 86.1 Å². The molecule has 0 N–H and O–H groups in total. The minimum Gasteiger partial charge on any atom is -0.463 e. The van der Waals surface area contributed by atoms with Gasteiger partial charge in [-0.25, -0.2) is 4.79 Å². The fourth-order valence-electron chi connectivity index (χ4n) is 1.04. The molecule has 1 aromatic carbocycles. The molecule has 0 saturated carbocycles. The molecule has 1 aromatic rings. The predicted octanol–water partition coefficient (Wildman–Crippen LogP) is 2.41. The van der Waals surface area contributed by atoms with E-state index in [0.29, 0.717) is 10.6 Å². The number of carbonyl (C=O) groups is 1. The molecule has 0 aliphatic carbocycles. The number of diazo groups is 1. The molecule has 0 aliphatic heterocycles. The van der Waals surface area contributed by atoms with Gasteiger partial charge in [-0.05, 0) is 12.1 Å². The van der Waals surface area contributed by atoms with Crippen LogP contribution in [0.3, 0.4) is 0 Å². The summed E-state index contributed by atoms with van der Waals surface area (Å²) in [6.07, 6.45) is 0. The van der Waals surface area contributed by atoms with Crippen molar-refractivity contribution < 1.29 is 9.53 Å². The molecule has 0 radical (unpaired) electrons. The number of hydrogen-bond acceptors (Lipinski definition) is 3. The van der Waals surface area contributed by atoms with Gasteiger partial charge in [0.05, 0.1) is 12.7 Å². The average Bonchev–Trinajstić information content (AvgIpc) is 2.19. The molecule has 1 atom stereocenters. The van der Waals surface area contributed by atoms with Gasteiger partial charge >= 0.3 is 12.0 Å². The molecular weight excluding hydrogens is 204 g/mol. The van der Waals surface area contributed by atoms with E-state index in [9.17, 15) is 4.79 Å². The van der Waals surface area contributed by atoms with E-state index < -0.39 is 12.0 Å². The summed E-state index contributed by atoms with van der Waals surface area (Å²) in [5.74, 6) is -0.630. The molecule has 0 fully saturated rings. The molecule has 4 nitrogen and oxygen atoms in total. The van der Waals surface area contributed by atoms with Crippen molar-refractivity contribution in [3.8, 4) is 0 Å². The summed E-state index contributed by atoms with van der Waals surface area (Å²) in [6, 6.07) is 5.48. The number of ether oxygens (including phenoxy) is 1. The third-order valence-corrected chi connectivity index (χ3v) is 1.94. The standard InChI is InChI=1S/C9H8ClN2O2/c1-14-9(13)8(12-11)6-3-2-4-7(10)5-6/h2-5,8H,1H3/q+1. The Hall–Kier alpha value is -1.60. The minimum atomic E-state index is -1.03. The van der Waals surface area contributed by atoms with E-state index >= 15 is 0 Å². The average molecular weight is 212 g/mol. The maximum atomic E-state index is 11.1. The number of benzene rings is 1. The van der Waals surface area contributed by atoms with Crippen molar-refractivity contribution in [2.75, 3.05) is 7.11 Å². The molecule has 0 aromatic heterocycles. The van der Waals surface area contributed by atoms with Gasteiger partial charge in [0.2, 0.25) is 5.39 Å². The van der Waals surface area contributed by atoms with Gasteiger partial charge in [-0.3, -0.25) is 0 Å². The Morgan fingerprint density at radius 3 is 2.86 bits per heavy atom. The summed E-state index contributed by atoms with van der Waals surface area (Å²) in [6.45, 7) is 0. The largest absolute Gasteiger partial charge is 0.463 e. The van der Waals surface area contributed by atoms with Crippen molar-refractivity contribution in [1.29, 1.82) is 5.39 Å². The monoisotopic (exact) mass is 211 g/mol. The second-order valence-electron chi connectivity index (χ2n) is 2.60. The SMILES string of the molecule is COC(=O)C([N+]#N)c1cccc(Cl)c1. The van der Waals surface area contributed by atoms with Gasteiger partial charge in [0.15, 0.2) is 0 Å². The van der Waals surface area contributed by atoms with Gasteiger partial charge < -0.3 is 4.74 Å². The van der Waals surface area contributed by atoms with E-state index in [1.165, 1.54) is 7.11 Å². The lowest BCUT2D eigenvalue weighted by atomic mass is 10.1. The highest BCUT2D eigenvalue weighted by atomic mass is 35.5. The first kappa shape index (κ1) is 10.5. The number of esters is 1. The highest BCUT2D eigenvalue weighted by molar-refractivity contribution is 6.30. The molecule has 0 spiro atoms. The third-order valence-electron chi connectivity index (χ3n) is 1.70. The van der Waals surface area contributed by atoms with Crippen LogP contribution in [0.2, 0.25) is 5.02 Å². The van der Waals surface area contributed by atoms with Crippen molar-refractivity contribution in [2.45, 2.75) is 6.04 Å². The number of carbonyl (C=O) groups excluding carboxylic acids is 1. The molecule has 0 aliphatic rings. The summed E-state index contributed by atoms with van der Waals surface area (Å²) in [5.41, 5.74) is 0.492. The van der Waals surface area contributed by atoms with Crippen LogP contribution in [0.25, 0.3) is 4.98 Å². The molecule has 0 bridgehead atoms. The maximum absolute atomic E-state index is 11.1. The van der Waals surface area contributed by atoms with Gasteiger partial charge in [0, 0.05) is 5.02 Å². The van der Waals surface area contributed by atoms with Crippen molar-refractivity contribution >= 4 is 17.6 Å². The number of nitrogens with zero attached hydrogens (tertiary/aromatic N) is 2. The van der Waals surface area contributed by atoms with Crippen LogP contribution in [0.5, 0.6) is 0 Å². The first-order valence-electron chi connectivity index (χ1n) is 3.86. The van der Waals surface area contributed by atoms with Crippen molar-refractivity contribution in [3.05, 3.63) is 39.8 Å².